The Balaban J connectivity index is -0.00000000333. The third-order valence-electron chi connectivity index (χ3n) is 0. The maximum atomic E-state index is 2.58. The fourth-order valence-electron chi connectivity index (χ4n) is 0. The SMILES string of the molecule is Br.CCP.[H-].[H-].[Mg+2]. The van der Waals surface area contributed by atoms with Crippen LogP contribution in [0.3, 0.4) is 0 Å². The quantitative estimate of drug-likeness (QED) is 0.379. The molecule has 3 heteroatoms. The predicted octanol–water partition coefficient (Wildman–Crippen LogP) is 1.30. The molecule has 0 rings (SSSR count). The zero-order valence-corrected chi connectivity index (χ0v) is 7.68. The molecule has 0 heterocycles. The molecule has 0 aliphatic rings. The van der Waals surface area contributed by atoms with Crippen molar-refractivity contribution in [2.24, 2.45) is 0 Å². The van der Waals surface area contributed by atoms with Gasteiger partial charge in [-0.2, -0.15) is 0 Å². The van der Waals surface area contributed by atoms with Crippen molar-refractivity contribution in [3.8, 4) is 0 Å². The van der Waals surface area contributed by atoms with Gasteiger partial charge in [0, 0.05) is 0 Å². The Bertz CT molecular complexity index is 15.7. The van der Waals surface area contributed by atoms with Crippen LogP contribution in [0.5, 0.6) is 0 Å². The van der Waals surface area contributed by atoms with Crippen molar-refractivity contribution >= 4 is 49.3 Å². The first-order chi connectivity index (χ1) is 1.41. The van der Waals surface area contributed by atoms with Gasteiger partial charge in [0.1, 0.15) is 0 Å². The number of halogens is 1. The van der Waals surface area contributed by atoms with Gasteiger partial charge in [-0.05, 0) is 6.16 Å². The van der Waals surface area contributed by atoms with Crippen LogP contribution in [0.2, 0.25) is 0 Å². The van der Waals surface area contributed by atoms with Crippen LogP contribution in [0.1, 0.15) is 9.78 Å². The summed E-state index contributed by atoms with van der Waals surface area (Å²) in [7, 11) is 2.58. The number of hydrogen-bond acceptors (Lipinski definition) is 0. The van der Waals surface area contributed by atoms with E-state index < -0.39 is 0 Å². The molecule has 0 fully saturated rings. The molecule has 0 bridgehead atoms. The second-order valence-corrected chi connectivity index (χ2v) is 1.22. The van der Waals surface area contributed by atoms with E-state index in [0.717, 1.165) is 0 Å². The standard InChI is InChI=1S/C2H7P.BrH.Mg.2H/c1-2-3;;;;/h2-3H2,1H3;1H;;;/q;;+2;2*-1. The average molecular weight is 169 g/mol. The molecule has 1 unspecified atom stereocenters. The number of rotatable bonds is 0. The molecule has 0 saturated heterocycles. The van der Waals surface area contributed by atoms with Gasteiger partial charge < -0.3 is 2.85 Å². The van der Waals surface area contributed by atoms with Gasteiger partial charge in [0.25, 0.3) is 0 Å². The minimum Gasteiger partial charge on any atom is -1.00 e. The average Bonchev–Trinajstić information content (AvgIpc) is 0.918. The van der Waals surface area contributed by atoms with E-state index in [1.54, 1.807) is 0 Å². The van der Waals surface area contributed by atoms with Crippen LogP contribution in [-0.2, 0) is 0 Å². The van der Waals surface area contributed by atoms with Gasteiger partial charge in [0.15, 0.2) is 0 Å². The molecule has 0 radical (unpaired) electrons. The Morgan fingerprint density at radius 2 is 1.80 bits per heavy atom. The summed E-state index contributed by atoms with van der Waals surface area (Å²) in [6.07, 6.45) is 1.17. The summed E-state index contributed by atoms with van der Waals surface area (Å²) < 4.78 is 0. The van der Waals surface area contributed by atoms with Crippen molar-refractivity contribution in [3.05, 3.63) is 0 Å². The van der Waals surface area contributed by atoms with E-state index in [9.17, 15) is 0 Å². The summed E-state index contributed by atoms with van der Waals surface area (Å²) in [5, 5.41) is 0. The van der Waals surface area contributed by atoms with E-state index in [1.807, 2.05) is 0 Å². The van der Waals surface area contributed by atoms with E-state index in [-0.39, 0.29) is 42.9 Å². The van der Waals surface area contributed by atoms with Gasteiger partial charge in [0.05, 0.1) is 0 Å². The summed E-state index contributed by atoms with van der Waals surface area (Å²) in [6, 6.07) is 0. The monoisotopic (exact) mass is 168 g/mol. The normalized spacial score (nSPS) is 3.60. The van der Waals surface area contributed by atoms with Crippen molar-refractivity contribution in [3.63, 3.8) is 0 Å². The Labute approximate surface area is 65.2 Å². The molecule has 0 aliphatic carbocycles. The molecule has 0 spiro atoms. The Morgan fingerprint density at radius 3 is 1.80 bits per heavy atom. The number of hydrogen-bond donors (Lipinski definition) is 0. The van der Waals surface area contributed by atoms with Crippen molar-refractivity contribution in [2.75, 3.05) is 6.16 Å². The van der Waals surface area contributed by atoms with Crippen molar-refractivity contribution in [1.82, 2.24) is 0 Å². The summed E-state index contributed by atoms with van der Waals surface area (Å²) in [6.45, 7) is 2.09. The van der Waals surface area contributed by atoms with Crippen molar-refractivity contribution < 1.29 is 2.85 Å². The molecule has 0 saturated carbocycles. The van der Waals surface area contributed by atoms with Crippen LogP contribution in [0.4, 0.5) is 0 Å². The summed E-state index contributed by atoms with van der Waals surface area (Å²) in [5.41, 5.74) is 0. The first-order valence-corrected chi connectivity index (χ1v) is 1.93. The van der Waals surface area contributed by atoms with E-state index in [1.165, 1.54) is 6.16 Å². The Hall–Kier alpha value is 1.68. The molecule has 0 aromatic carbocycles. The molecule has 0 nitrogen and oxygen atoms in total. The smallest absolute Gasteiger partial charge is 1.00 e. The van der Waals surface area contributed by atoms with Gasteiger partial charge in [-0.3, -0.25) is 0 Å². The molecular weight excluding hydrogens is 159 g/mol. The van der Waals surface area contributed by atoms with Crippen molar-refractivity contribution in [1.29, 1.82) is 0 Å². The first kappa shape index (κ1) is 15.9. The molecule has 0 amide bonds. The maximum absolute atomic E-state index is 2.58. The fourth-order valence-corrected chi connectivity index (χ4v) is 0. The van der Waals surface area contributed by atoms with E-state index in [4.69, 9.17) is 0 Å². The third kappa shape index (κ3) is 27.3. The molecule has 0 aliphatic heterocycles. The fraction of sp³-hybridized carbons (Fsp3) is 1.00. The molecule has 0 N–H and O–H groups in total. The van der Waals surface area contributed by atoms with Crippen LogP contribution in [0, 0.1) is 0 Å². The Kier molecular flexibility index (Phi) is 55.2. The van der Waals surface area contributed by atoms with Gasteiger partial charge in [-0.25, -0.2) is 0 Å². The van der Waals surface area contributed by atoms with Gasteiger partial charge >= 0.3 is 23.1 Å². The summed E-state index contributed by atoms with van der Waals surface area (Å²) >= 11 is 0. The third-order valence-corrected chi connectivity index (χ3v) is 0. The topological polar surface area (TPSA) is 0 Å². The predicted molar refractivity (Wildman–Crippen MR) is 38.6 cm³/mol. The van der Waals surface area contributed by atoms with Crippen LogP contribution in [0.15, 0.2) is 0 Å². The van der Waals surface area contributed by atoms with Crippen molar-refractivity contribution in [2.45, 2.75) is 6.92 Å². The molecule has 5 heavy (non-hydrogen) atoms. The van der Waals surface area contributed by atoms with Gasteiger partial charge in [0.2, 0.25) is 0 Å². The molecular formula is C2H10BrMgP. The second kappa shape index (κ2) is 17.3. The zero-order chi connectivity index (χ0) is 2.71. The first-order valence-electron chi connectivity index (χ1n) is 1.12. The maximum Gasteiger partial charge on any atom is 2.00 e. The van der Waals surface area contributed by atoms with E-state index >= 15 is 0 Å². The van der Waals surface area contributed by atoms with Crippen LogP contribution < -0.4 is 0 Å². The second-order valence-electron chi connectivity index (χ2n) is 0.408. The van der Waals surface area contributed by atoms with E-state index in [0.29, 0.717) is 0 Å². The molecule has 1 atom stereocenters. The van der Waals surface area contributed by atoms with Gasteiger partial charge in [-0.1, -0.05) is 6.92 Å². The van der Waals surface area contributed by atoms with Crippen LogP contribution >= 0.6 is 26.2 Å². The zero-order valence-electron chi connectivity index (χ0n) is 5.40. The van der Waals surface area contributed by atoms with Gasteiger partial charge in [-0.15, -0.1) is 26.2 Å². The molecule has 0 aromatic heterocycles. The Morgan fingerprint density at radius 1 is 1.80 bits per heavy atom. The minimum absolute atomic E-state index is 0. The molecule has 32 valence electrons. The van der Waals surface area contributed by atoms with E-state index in [2.05, 4.69) is 16.2 Å². The summed E-state index contributed by atoms with van der Waals surface area (Å²) in [4.78, 5) is 0. The van der Waals surface area contributed by atoms with Crippen LogP contribution in [-0.4, -0.2) is 29.2 Å². The van der Waals surface area contributed by atoms with Crippen LogP contribution in [0.25, 0.3) is 0 Å². The minimum atomic E-state index is 0. The molecule has 0 aromatic rings. The largest absolute Gasteiger partial charge is 2.00 e. The summed E-state index contributed by atoms with van der Waals surface area (Å²) in [5.74, 6) is 0.